The summed E-state index contributed by atoms with van der Waals surface area (Å²) < 4.78 is 8.29. The van der Waals surface area contributed by atoms with Gasteiger partial charge in [0.05, 0.1) is 7.11 Å². The third-order valence-corrected chi connectivity index (χ3v) is 1.69. The third kappa shape index (κ3) is 2.63. The number of halogens is 1. The second-order valence-corrected chi connectivity index (χ2v) is 2.95. The van der Waals surface area contributed by atoms with Crippen LogP contribution >= 0.6 is 23.1 Å². The number of nitrogens with zero attached hydrogens (tertiary/aromatic N) is 3. The molecule has 0 saturated heterocycles. The van der Waals surface area contributed by atoms with Crippen LogP contribution in [0.2, 0.25) is 0 Å². The minimum Gasteiger partial charge on any atom is -0.477 e. The molecule has 0 atom stereocenters. The minimum absolute atomic E-state index is 0.0633. The normalized spacial score (nSPS) is 11.4. The molecule has 0 amide bonds. The SMILES string of the molecule is CO/C(=N\c1nsc(N)n1)C(=O)Cl. The number of hydrogen-bond donors (Lipinski definition) is 1. The number of anilines is 1. The van der Waals surface area contributed by atoms with Crippen molar-refractivity contribution in [3.05, 3.63) is 0 Å². The maximum Gasteiger partial charge on any atom is 0.307 e. The van der Waals surface area contributed by atoms with E-state index in [9.17, 15) is 4.79 Å². The first-order valence-electron chi connectivity index (χ1n) is 3.05. The number of rotatable bonds is 2. The standard InChI is InChI=1S/C5H5ClN4O2S/c1-12-3(2(6)11)8-5-9-4(7)13-10-5/h1H3,(H2,7,9,10)/b8-3-. The number of nitrogen functional groups attached to an aromatic ring is 1. The number of carbonyl (C=O) groups excluding carboxylic acids is 1. The molecule has 1 rings (SSSR count). The van der Waals surface area contributed by atoms with Gasteiger partial charge in [-0.25, -0.2) is 0 Å². The van der Waals surface area contributed by atoms with Crippen molar-refractivity contribution in [1.82, 2.24) is 9.36 Å². The van der Waals surface area contributed by atoms with Crippen molar-refractivity contribution >= 4 is 45.4 Å². The highest BCUT2D eigenvalue weighted by Crippen LogP contribution is 2.13. The van der Waals surface area contributed by atoms with Crippen LogP contribution in [0, 0.1) is 0 Å². The molecular formula is C5H5ClN4O2S. The van der Waals surface area contributed by atoms with E-state index in [4.69, 9.17) is 17.3 Å². The molecule has 0 aliphatic heterocycles. The van der Waals surface area contributed by atoms with Crippen molar-refractivity contribution in [2.24, 2.45) is 4.99 Å². The van der Waals surface area contributed by atoms with Gasteiger partial charge in [0.1, 0.15) is 0 Å². The summed E-state index contributed by atoms with van der Waals surface area (Å²) in [5, 5.41) is -0.549. The van der Waals surface area contributed by atoms with E-state index in [0.717, 1.165) is 11.5 Å². The highest BCUT2D eigenvalue weighted by molar-refractivity contribution is 7.09. The minimum atomic E-state index is -0.809. The van der Waals surface area contributed by atoms with Crippen LogP contribution in [0.15, 0.2) is 4.99 Å². The zero-order valence-corrected chi connectivity index (χ0v) is 8.09. The van der Waals surface area contributed by atoms with E-state index in [2.05, 4.69) is 19.1 Å². The fourth-order valence-corrected chi connectivity index (χ4v) is 1.03. The number of hydrogen-bond acceptors (Lipinski definition) is 7. The van der Waals surface area contributed by atoms with Crippen molar-refractivity contribution < 1.29 is 9.53 Å². The Kier molecular flexibility index (Phi) is 3.15. The Labute approximate surface area is 82.6 Å². The van der Waals surface area contributed by atoms with Gasteiger partial charge >= 0.3 is 5.24 Å². The number of carbonyl (C=O) groups is 1. The predicted molar refractivity (Wildman–Crippen MR) is 49.3 cm³/mol. The number of aliphatic imine (C=N–C) groups is 1. The van der Waals surface area contributed by atoms with E-state index in [1.54, 1.807) is 0 Å². The van der Waals surface area contributed by atoms with E-state index < -0.39 is 5.24 Å². The fraction of sp³-hybridized carbons (Fsp3) is 0.200. The molecule has 0 aliphatic carbocycles. The van der Waals surface area contributed by atoms with E-state index in [1.807, 2.05) is 0 Å². The maximum absolute atomic E-state index is 10.6. The lowest BCUT2D eigenvalue weighted by atomic mass is 10.7. The lowest BCUT2D eigenvalue weighted by molar-refractivity contribution is -0.107. The van der Waals surface area contributed by atoms with Crippen LogP contribution in [-0.2, 0) is 9.53 Å². The Morgan fingerprint density at radius 2 is 2.46 bits per heavy atom. The average Bonchev–Trinajstić information content (AvgIpc) is 2.46. The summed E-state index contributed by atoms with van der Waals surface area (Å²) in [5.41, 5.74) is 5.29. The van der Waals surface area contributed by atoms with Gasteiger partial charge in [-0.15, -0.1) is 4.37 Å². The van der Waals surface area contributed by atoms with E-state index in [0.29, 0.717) is 0 Å². The molecule has 1 heterocycles. The highest BCUT2D eigenvalue weighted by atomic mass is 35.5. The first-order valence-corrected chi connectivity index (χ1v) is 4.20. The van der Waals surface area contributed by atoms with E-state index in [1.165, 1.54) is 7.11 Å². The number of ether oxygens (including phenoxy) is 1. The molecule has 6 nitrogen and oxygen atoms in total. The summed E-state index contributed by atoms with van der Waals surface area (Å²) >= 11 is 6.09. The average molecular weight is 221 g/mol. The zero-order chi connectivity index (χ0) is 9.84. The first kappa shape index (κ1) is 9.87. The zero-order valence-electron chi connectivity index (χ0n) is 6.52. The van der Waals surface area contributed by atoms with Crippen LogP contribution in [0.3, 0.4) is 0 Å². The van der Waals surface area contributed by atoms with Gasteiger partial charge in [0.25, 0.3) is 11.8 Å². The van der Waals surface area contributed by atoms with Gasteiger partial charge in [0.2, 0.25) is 5.13 Å². The third-order valence-electron chi connectivity index (χ3n) is 0.994. The Hall–Kier alpha value is -1.21. The summed E-state index contributed by atoms with van der Waals surface area (Å²) in [6, 6.07) is 0. The highest BCUT2D eigenvalue weighted by Gasteiger charge is 2.09. The van der Waals surface area contributed by atoms with Crippen LogP contribution < -0.4 is 5.73 Å². The molecule has 0 radical (unpaired) electrons. The first-order chi connectivity index (χ1) is 6.13. The molecule has 70 valence electrons. The molecule has 13 heavy (non-hydrogen) atoms. The summed E-state index contributed by atoms with van der Waals surface area (Å²) in [6.07, 6.45) is 0. The quantitative estimate of drug-likeness (QED) is 0.447. The summed E-state index contributed by atoms with van der Waals surface area (Å²) in [5.74, 6) is -0.201. The summed E-state index contributed by atoms with van der Waals surface area (Å²) in [6.45, 7) is 0. The fourth-order valence-electron chi connectivity index (χ4n) is 0.533. The van der Waals surface area contributed by atoms with Crippen LogP contribution in [-0.4, -0.2) is 27.6 Å². The van der Waals surface area contributed by atoms with Gasteiger partial charge < -0.3 is 10.5 Å². The Morgan fingerprint density at radius 1 is 1.77 bits per heavy atom. The van der Waals surface area contributed by atoms with Gasteiger partial charge in [0.15, 0.2) is 0 Å². The number of aromatic nitrogens is 2. The molecule has 0 aromatic carbocycles. The number of nitrogens with two attached hydrogens (primary N) is 1. The summed E-state index contributed by atoms with van der Waals surface area (Å²) in [4.78, 5) is 17.9. The molecule has 8 heteroatoms. The second kappa shape index (κ2) is 4.15. The Bertz CT molecular complexity index is 350. The van der Waals surface area contributed by atoms with Crippen LogP contribution in [0.25, 0.3) is 0 Å². The van der Waals surface area contributed by atoms with E-state index >= 15 is 0 Å². The molecule has 0 aliphatic rings. The maximum atomic E-state index is 10.6. The summed E-state index contributed by atoms with van der Waals surface area (Å²) in [7, 11) is 1.27. The molecule has 0 spiro atoms. The van der Waals surface area contributed by atoms with Crippen molar-refractivity contribution in [3.8, 4) is 0 Å². The molecule has 0 unspecified atom stereocenters. The van der Waals surface area contributed by atoms with Crippen molar-refractivity contribution in [2.75, 3.05) is 12.8 Å². The van der Waals surface area contributed by atoms with Gasteiger partial charge in [-0.3, -0.25) is 4.79 Å². The van der Waals surface area contributed by atoms with Crippen LogP contribution in [0.5, 0.6) is 0 Å². The van der Waals surface area contributed by atoms with Gasteiger partial charge in [-0.2, -0.15) is 9.98 Å². The molecular weight excluding hydrogens is 216 g/mol. The van der Waals surface area contributed by atoms with Gasteiger partial charge in [0, 0.05) is 11.5 Å². The lowest BCUT2D eigenvalue weighted by Crippen LogP contribution is -2.09. The van der Waals surface area contributed by atoms with Crippen LogP contribution in [0.1, 0.15) is 0 Å². The predicted octanol–water partition coefficient (Wildman–Crippen LogP) is 0.562. The monoisotopic (exact) mass is 220 g/mol. The van der Waals surface area contributed by atoms with E-state index in [-0.39, 0.29) is 17.0 Å². The Balaban J connectivity index is 2.91. The smallest absolute Gasteiger partial charge is 0.307 e. The molecule has 0 fully saturated rings. The van der Waals surface area contributed by atoms with Gasteiger partial charge in [-0.05, 0) is 11.6 Å². The molecule has 0 bridgehead atoms. The van der Waals surface area contributed by atoms with Crippen molar-refractivity contribution in [1.29, 1.82) is 0 Å². The lowest BCUT2D eigenvalue weighted by Gasteiger charge is -1.94. The van der Waals surface area contributed by atoms with Crippen molar-refractivity contribution in [2.45, 2.75) is 0 Å². The Morgan fingerprint density at radius 3 is 2.85 bits per heavy atom. The molecule has 2 N–H and O–H groups in total. The number of methoxy groups -OCH3 is 1. The molecule has 0 saturated carbocycles. The second-order valence-electron chi connectivity index (χ2n) is 1.83. The van der Waals surface area contributed by atoms with Gasteiger partial charge in [-0.1, -0.05) is 0 Å². The molecule has 1 aromatic rings. The largest absolute Gasteiger partial charge is 0.477 e. The molecule has 1 aromatic heterocycles. The van der Waals surface area contributed by atoms with Crippen LogP contribution in [0.4, 0.5) is 11.1 Å². The topological polar surface area (TPSA) is 90.5 Å². The van der Waals surface area contributed by atoms with Crippen molar-refractivity contribution in [3.63, 3.8) is 0 Å².